The molecule has 21 heavy (non-hydrogen) atoms. The lowest BCUT2D eigenvalue weighted by molar-refractivity contribution is 0.566. The minimum Gasteiger partial charge on any atom is -0.271 e. The van der Waals surface area contributed by atoms with Gasteiger partial charge in [-0.05, 0) is 35.4 Å². The van der Waals surface area contributed by atoms with E-state index in [0.717, 1.165) is 22.5 Å². The first-order valence-electron chi connectivity index (χ1n) is 6.45. The van der Waals surface area contributed by atoms with Crippen LogP contribution in [-0.2, 0) is 0 Å². The standard InChI is InChI=1S/C16H13F2N3/c17-11-7-10(8-12(18)9-11)16(21-19)14-5-6-20-15-4-2-1-3-13(14)15/h1-9,16,21H,19H2. The third-order valence-electron chi connectivity index (χ3n) is 3.38. The average Bonchev–Trinajstić information content (AvgIpc) is 2.47. The Kier molecular flexibility index (Phi) is 3.60. The molecule has 0 saturated carbocycles. The highest BCUT2D eigenvalue weighted by atomic mass is 19.1. The maximum Gasteiger partial charge on any atom is 0.126 e. The largest absolute Gasteiger partial charge is 0.271 e. The van der Waals surface area contributed by atoms with E-state index in [9.17, 15) is 8.78 Å². The average molecular weight is 285 g/mol. The number of benzene rings is 2. The van der Waals surface area contributed by atoms with Crippen LogP contribution in [0.1, 0.15) is 17.2 Å². The molecule has 1 aromatic heterocycles. The number of hydrazine groups is 1. The van der Waals surface area contributed by atoms with Crippen LogP contribution < -0.4 is 11.3 Å². The van der Waals surface area contributed by atoms with Gasteiger partial charge in [-0.25, -0.2) is 14.2 Å². The second-order valence-electron chi connectivity index (χ2n) is 4.72. The number of hydrogen-bond acceptors (Lipinski definition) is 3. The zero-order valence-corrected chi connectivity index (χ0v) is 11.1. The SMILES string of the molecule is NNC(c1cc(F)cc(F)c1)c1ccnc2ccccc12. The molecule has 0 spiro atoms. The van der Waals surface area contributed by atoms with E-state index in [2.05, 4.69) is 10.4 Å². The number of nitrogens with one attached hydrogen (secondary N) is 1. The van der Waals surface area contributed by atoms with Gasteiger partial charge in [-0.15, -0.1) is 0 Å². The molecule has 3 nitrogen and oxygen atoms in total. The van der Waals surface area contributed by atoms with Crippen molar-refractivity contribution in [1.29, 1.82) is 0 Å². The van der Waals surface area contributed by atoms with Gasteiger partial charge in [0, 0.05) is 17.6 Å². The van der Waals surface area contributed by atoms with Crippen molar-refractivity contribution >= 4 is 10.9 Å². The highest BCUT2D eigenvalue weighted by molar-refractivity contribution is 5.82. The molecule has 0 fully saturated rings. The molecule has 0 amide bonds. The lowest BCUT2D eigenvalue weighted by Crippen LogP contribution is -2.29. The molecule has 0 aliphatic carbocycles. The summed E-state index contributed by atoms with van der Waals surface area (Å²) in [5.41, 5.74) is 4.65. The van der Waals surface area contributed by atoms with Crippen molar-refractivity contribution in [3.05, 3.63) is 77.5 Å². The molecule has 1 unspecified atom stereocenters. The van der Waals surface area contributed by atoms with Crippen LogP contribution in [0, 0.1) is 11.6 Å². The monoisotopic (exact) mass is 285 g/mol. The zero-order chi connectivity index (χ0) is 14.8. The molecule has 0 radical (unpaired) electrons. The smallest absolute Gasteiger partial charge is 0.126 e. The van der Waals surface area contributed by atoms with E-state index < -0.39 is 17.7 Å². The van der Waals surface area contributed by atoms with Gasteiger partial charge in [0.15, 0.2) is 0 Å². The topological polar surface area (TPSA) is 50.9 Å². The van der Waals surface area contributed by atoms with Gasteiger partial charge in [-0.1, -0.05) is 18.2 Å². The van der Waals surface area contributed by atoms with Gasteiger partial charge >= 0.3 is 0 Å². The summed E-state index contributed by atoms with van der Waals surface area (Å²) in [6.45, 7) is 0. The number of hydrogen-bond donors (Lipinski definition) is 2. The molecular weight excluding hydrogens is 272 g/mol. The first kappa shape index (κ1) is 13.6. The van der Waals surface area contributed by atoms with Crippen LogP contribution in [0.25, 0.3) is 10.9 Å². The van der Waals surface area contributed by atoms with Gasteiger partial charge in [-0.3, -0.25) is 10.8 Å². The molecule has 3 rings (SSSR count). The Hall–Kier alpha value is -2.37. The normalized spacial score (nSPS) is 12.5. The zero-order valence-electron chi connectivity index (χ0n) is 11.1. The molecule has 3 aromatic rings. The molecule has 1 heterocycles. The number of aromatic nitrogens is 1. The molecule has 106 valence electrons. The van der Waals surface area contributed by atoms with Gasteiger partial charge in [-0.2, -0.15) is 0 Å². The third-order valence-corrected chi connectivity index (χ3v) is 3.38. The van der Waals surface area contributed by atoms with Gasteiger partial charge in [0.05, 0.1) is 11.6 Å². The van der Waals surface area contributed by atoms with Crippen LogP contribution in [-0.4, -0.2) is 4.98 Å². The summed E-state index contributed by atoms with van der Waals surface area (Å²) in [4.78, 5) is 4.27. The molecule has 0 aliphatic rings. The number of fused-ring (bicyclic) bond motifs is 1. The maximum absolute atomic E-state index is 13.4. The van der Waals surface area contributed by atoms with Crippen molar-refractivity contribution in [3.63, 3.8) is 0 Å². The summed E-state index contributed by atoms with van der Waals surface area (Å²) < 4.78 is 26.9. The number of nitrogens with two attached hydrogens (primary N) is 1. The van der Waals surface area contributed by atoms with Crippen molar-refractivity contribution in [2.75, 3.05) is 0 Å². The number of para-hydroxylation sites is 1. The van der Waals surface area contributed by atoms with Crippen LogP contribution in [0.2, 0.25) is 0 Å². The lowest BCUT2D eigenvalue weighted by Gasteiger charge is -2.19. The van der Waals surface area contributed by atoms with E-state index >= 15 is 0 Å². The number of pyridine rings is 1. The van der Waals surface area contributed by atoms with E-state index in [1.807, 2.05) is 24.3 Å². The van der Waals surface area contributed by atoms with Gasteiger partial charge in [0.1, 0.15) is 11.6 Å². The third kappa shape index (κ3) is 2.61. The molecule has 0 bridgehead atoms. The Bertz CT molecular complexity index is 764. The Labute approximate surface area is 120 Å². The Morgan fingerprint density at radius 1 is 1.00 bits per heavy atom. The molecule has 3 N–H and O–H groups in total. The fourth-order valence-electron chi connectivity index (χ4n) is 2.48. The van der Waals surface area contributed by atoms with Gasteiger partial charge in [0.2, 0.25) is 0 Å². The van der Waals surface area contributed by atoms with Gasteiger partial charge in [0.25, 0.3) is 0 Å². The summed E-state index contributed by atoms with van der Waals surface area (Å²) in [6.07, 6.45) is 1.65. The highest BCUT2D eigenvalue weighted by Gasteiger charge is 2.17. The fraction of sp³-hybridized carbons (Fsp3) is 0.0625. The van der Waals surface area contributed by atoms with Crippen molar-refractivity contribution in [2.24, 2.45) is 5.84 Å². The Balaban J connectivity index is 2.18. The number of nitrogens with zero attached hydrogens (tertiary/aromatic N) is 1. The number of rotatable bonds is 3. The predicted octanol–water partition coefficient (Wildman–Crippen LogP) is 3.07. The molecule has 2 aromatic carbocycles. The minimum atomic E-state index is -0.636. The van der Waals surface area contributed by atoms with Crippen LogP contribution in [0.3, 0.4) is 0 Å². The van der Waals surface area contributed by atoms with Gasteiger partial charge < -0.3 is 0 Å². The van der Waals surface area contributed by atoms with E-state index in [-0.39, 0.29) is 0 Å². The van der Waals surface area contributed by atoms with Crippen molar-refractivity contribution in [1.82, 2.24) is 10.4 Å². The van der Waals surface area contributed by atoms with Crippen molar-refractivity contribution in [3.8, 4) is 0 Å². The molecule has 0 saturated heterocycles. The summed E-state index contributed by atoms with van der Waals surface area (Å²) in [7, 11) is 0. The van der Waals surface area contributed by atoms with Crippen LogP contribution in [0.4, 0.5) is 8.78 Å². The minimum absolute atomic E-state index is 0.423. The summed E-state index contributed by atoms with van der Waals surface area (Å²) in [5.74, 6) is 4.34. The quantitative estimate of drug-likeness (QED) is 0.574. The van der Waals surface area contributed by atoms with E-state index in [4.69, 9.17) is 5.84 Å². The van der Waals surface area contributed by atoms with Crippen LogP contribution in [0.5, 0.6) is 0 Å². The summed E-state index contributed by atoms with van der Waals surface area (Å²) in [5, 5.41) is 0.882. The highest BCUT2D eigenvalue weighted by Crippen LogP contribution is 2.28. The number of halogens is 2. The Morgan fingerprint density at radius 3 is 2.43 bits per heavy atom. The van der Waals surface area contributed by atoms with E-state index in [0.29, 0.717) is 5.56 Å². The molecular formula is C16H13F2N3. The summed E-state index contributed by atoms with van der Waals surface area (Å²) >= 11 is 0. The molecule has 1 atom stereocenters. The first-order chi connectivity index (χ1) is 10.2. The van der Waals surface area contributed by atoms with Crippen LogP contribution >= 0.6 is 0 Å². The second kappa shape index (κ2) is 5.55. The maximum atomic E-state index is 13.4. The van der Waals surface area contributed by atoms with Crippen LogP contribution in [0.15, 0.2) is 54.7 Å². The molecule has 5 heteroatoms. The first-order valence-corrected chi connectivity index (χ1v) is 6.45. The second-order valence-corrected chi connectivity index (χ2v) is 4.72. The fourth-order valence-corrected chi connectivity index (χ4v) is 2.48. The van der Waals surface area contributed by atoms with Crippen molar-refractivity contribution < 1.29 is 8.78 Å². The summed E-state index contributed by atoms with van der Waals surface area (Å²) in [6, 6.07) is 12.2. The Morgan fingerprint density at radius 2 is 1.71 bits per heavy atom. The predicted molar refractivity (Wildman–Crippen MR) is 77.3 cm³/mol. The van der Waals surface area contributed by atoms with E-state index in [1.165, 1.54) is 12.1 Å². The molecule has 0 aliphatic heterocycles. The van der Waals surface area contributed by atoms with E-state index in [1.54, 1.807) is 12.3 Å². The lowest BCUT2D eigenvalue weighted by atomic mass is 9.96. The van der Waals surface area contributed by atoms with Crippen molar-refractivity contribution in [2.45, 2.75) is 6.04 Å².